The van der Waals surface area contributed by atoms with Gasteiger partial charge in [-0.25, -0.2) is 4.39 Å². The van der Waals surface area contributed by atoms with Gasteiger partial charge in [0, 0.05) is 29.6 Å². The minimum atomic E-state index is -0.255. The number of pyridine rings is 1. The van der Waals surface area contributed by atoms with Gasteiger partial charge >= 0.3 is 0 Å². The van der Waals surface area contributed by atoms with Crippen molar-refractivity contribution in [2.45, 2.75) is 13.3 Å². The van der Waals surface area contributed by atoms with E-state index < -0.39 is 0 Å². The Morgan fingerprint density at radius 2 is 1.89 bits per heavy atom. The molecule has 1 amide bonds. The predicted molar refractivity (Wildman–Crippen MR) is 107 cm³/mol. The molecule has 0 bridgehead atoms. The van der Waals surface area contributed by atoms with E-state index in [1.54, 1.807) is 36.5 Å². The lowest BCUT2D eigenvalue weighted by Gasteiger charge is -2.10. The maximum absolute atomic E-state index is 12.9. The first kappa shape index (κ1) is 18.9. The van der Waals surface area contributed by atoms with Gasteiger partial charge in [-0.3, -0.25) is 9.78 Å². The lowest BCUT2D eigenvalue weighted by atomic mass is 10.1. The van der Waals surface area contributed by atoms with Crippen molar-refractivity contribution in [3.8, 4) is 0 Å². The van der Waals surface area contributed by atoms with Gasteiger partial charge in [-0.2, -0.15) is 0 Å². The minimum Gasteiger partial charge on any atom is -0.383 e. The summed E-state index contributed by atoms with van der Waals surface area (Å²) in [5.41, 5.74) is 3.81. The van der Waals surface area contributed by atoms with Crippen molar-refractivity contribution in [2.75, 3.05) is 17.2 Å². The average Bonchev–Trinajstić information content (AvgIpc) is 2.66. The number of carbonyl (C=O) groups excluding carboxylic acids is 1. The maximum atomic E-state index is 12.9. The summed E-state index contributed by atoms with van der Waals surface area (Å²) < 4.78 is 12.9. The molecule has 6 heteroatoms. The first-order chi connectivity index (χ1) is 13.0. The smallest absolute Gasteiger partial charge is 0.257 e. The second-order valence-corrected chi connectivity index (χ2v) is 6.62. The van der Waals surface area contributed by atoms with Gasteiger partial charge in [-0.1, -0.05) is 29.8 Å². The van der Waals surface area contributed by atoms with Crippen LogP contribution in [0, 0.1) is 12.7 Å². The monoisotopic (exact) mass is 383 g/mol. The highest BCUT2D eigenvalue weighted by Gasteiger charge is 2.09. The Morgan fingerprint density at radius 3 is 2.67 bits per heavy atom. The van der Waals surface area contributed by atoms with Crippen molar-refractivity contribution in [2.24, 2.45) is 0 Å². The Kier molecular flexibility index (Phi) is 6.04. The molecular formula is C21H19ClFN3O. The van der Waals surface area contributed by atoms with Crippen LogP contribution in [-0.2, 0) is 6.42 Å². The van der Waals surface area contributed by atoms with E-state index in [9.17, 15) is 9.18 Å². The lowest BCUT2D eigenvalue weighted by molar-refractivity contribution is 0.102. The fraction of sp³-hybridized carbons (Fsp3) is 0.143. The quantitative estimate of drug-likeness (QED) is 0.623. The van der Waals surface area contributed by atoms with Gasteiger partial charge in [0.2, 0.25) is 0 Å². The van der Waals surface area contributed by atoms with Crippen molar-refractivity contribution >= 4 is 28.9 Å². The minimum absolute atomic E-state index is 0.246. The molecule has 0 aliphatic carbocycles. The van der Waals surface area contributed by atoms with Crippen LogP contribution in [0.15, 0.2) is 60.9 Å². The van der Waals surface area contributed by atoms with E-state index in [1.807, 2.05) is 13.0 Å². The Morgan fingerprint density at radius 1 is 1.11 bits per heavy atom. The molecule has 0 saturated heterocycles. The van der Waals surface area contributed by atoms with Gasteiger partial charge in [0.15, 0.2) is 0 Å². The molecule has 2 aromatic carbocycles. The zero-order chi connectivity index (χ0) is 19.2. The summed E-state index contributed by atoms with van der Waals surface area (Å²) in [5.74, 6) is -0.500. The van der Waals surface area contributed by atoms with Crippen LogP contribution in [0.3, 0.4) is 0 Å². The molecular weight excluding hydrogens is 365 g/mol. The van der Waals surface area contributed by atoms with Gasteiger partial charge in [-0.15, -0.1) is 0 Å². The van der Waals surface area contributed by atoms with Crippen molar-refractivity contribution in [1.82, 2.24) is 4.98 Å². The number of aromatic nitrogens is 1. The number of rotatable bonds is 6. The SMILES string of the molecule is Cc1ccc(Cl)cc1NC(=O)c1cncc(NCCc2ccc(F)cc2)c1. The van der Waals surface area contributed by atoms with E-state index in [1.165, 1.54) is 18.3 Å². The van der Waals surface area contributed by atoms with E-state index >= 15 is 0 Å². The molecule has 138 valence electrons. The van der Waals surface area contributed by atoms with Gasteiger partial charge in [-0.05, 0) is 54.8 Å². The highest BCUT2D eigenvalue weighted by molar-refractivity contribution is 6.31. The largest absolute Gasteiger partial charge is 0.383 e. The number of hydrogen-bond donors (Lipinski definition) is 2. The van der Waals surface area contributed by atoms with E-state index in [0.717, 1.165) is 23.2 Å². The van der Waals surface area contributed by atoms with Crippen molar-refractivity contribution in [3.63, 3.8) is 0 Å². The molecule has 0 atom stereocenters. The summed E-state index contributed by atoms with van der Waals surface area (Å²) >= 11 is 5.99. The van der Waals surface area contributed by atoms with E-state index in [2.05, 4.69) is 15.6 Å². The molecule has 0 saturated carbocycles. The highest BCUT2D eigenvalue weighted by Crippen LogP contribution is 2.21. The fourth-order valence-electron chi connectivity index (χ4n) is 2.59. The summed E-state index contributed by atoms with van der Waals surface area (Å²) in [5, 5.41) is 6.65. The summed E-state index contributed by atoms with van der Waals surface area (Å²) in [6, 6.07) is 13.5. The predicted octanol–water partition coefficient (Wildman–Crippen LogP) is 5.09. The molecule has 3 aromatic rings. The molecule has 27 heavy (non-hydrogen) atoms. The van der Waals surface area contributed by atoms with Gasteiger partial charge in [0.1, 0.15) is 5.82 Å². The number of carbonyl (C=O) groups is 1. The molecule has 0 spiro atoms. The summed E-state index contributed by atoms with van der Waals surface area (Å²) in [6.45, 7) is 2.55. The molecule has 0 aliphatic rings. The third-order valence-corrected chi connectivity index (χ3v) is 4.34. The number of hydrogen-bond acceptors (Lipinski definition) is 3. The van der Waals surface area contributed by atoms with Crippen LogP contribution in [0.5, 0.6) is 0 Å². The maximum Gasteiger partial charge on any atom is 0.257 e. The molecule has 4 nitrogen and oxygen atoms in total. The first-order valence-electron chi connectivity index (χ1n) is 8.52. The molecule has 3 rings (SSSR count). The second kappa shape index (κ2) is 8.64. The molecule has 0 aliphatic heterocycles. The average molecular weight is 384 g/mol. The Bertz CT molecular complexity index is 944. The van der Waals surface area contributed by atoms with Crippen molar-refractivity contribution in [3.05, 3.63) is 88.5 Å². The van der Waals surface area contributed by atoms with Gasteiger partial charge in [0.05, 0.1) is 11.3 Å². The number of aryl methyl sites for hydroxylation is 1. The van der Waals surface area contributed by atoms with Crippen LogP contribution in [0.25, 0.3) is 0 Å². The number of halogens is 2. The van der Waals surface area contributed by atoms with Crippen LogP contribution in [0.1, 0.15) is 21.5 Å². The third-order valence-electron chi connectivity index (χ3n) is 4.10. The van der Waals surface area contributed by atoms with Crippen LogP contribution in [0.2, 0.25) is 5.02 Å². The number of nitrogens with zero attached hydrogens (tertiary/aromatic N) is 1. The number of anilines is 2. The number of amides is 1. The Labute approximate surface area is 162 Å². The number of benzene rings is 2. The second-order valence-electron chi connectivity index (χ2n) is 6.18. The van der Waals surface area contributed by atoms with Gasteiger partial charge < -0.3 is 10.6 Å². The summed E-state index contributed by atoms with van der Waals surface area (Å²) in [6.07, 6.45) is 3.91. The molecule has 0 unspecified atom stereocenters. The topological polar surface area (TPSA) is 54.0 Å². The van der Waals surface area contributed by atoms with Crippen LogP contribution in [0.4, 0.5) is 15.8 Å². The van der Waals surface area contributed by atoms with Crippen LogP contribution < -0.4 is 10.6 Å². The van der Waals surface area contributed by atoms with Crippen LogP contribution >= 0.6 is 11.6 Å². The highest BCUT2D eigenvalue weighted by atomic mass is 35.5. The van der Waals surface area contributed by atoms with E-state index in [0.29, 0.717) is 22.8 Å². The Hall–Kier alpha value is -2.92. The molecule has 2 N–H and O–H groups in total. The van der Waals surface area contributed by atoms with E-state index in [4.69, 9.17) is 11.6 Å². The fourth-order valence-corrected chi connectivity index (χ4v) is 2.76. The molecule has 1 aromatic heterocycles. The Balaban J connectivity index is 1.61. The van der Waals surface area contributed by atoms with Crippen LogP contribution in [-0.4, -0.2) is 17.4 Å². The molecule has 0 fully saturated rings. The van der Waals surface area contributed by atoms with Crippen molar-refractivity contribution < 1.29 is 9.18 Å². The molecule has 0 radical (unpaired) electrons. The summed E-state index contributed by atoms with van der Waals surface area (Å²) in [7, 11) is 0. The standard InChI is InChI=1S/C21H19ClFN3O/c1-14-2-5-17(22)11-20(14)26-21(27)16-10-19(13-24-12-16)25-9-8-15-3-6-18(23)7-4-15/h2-7,10-13,25H,8-9H2,1H3,(H,26,27). The normalized spacial score (nSPS) is 10.5. The zero-order valence-electron chi connectivity index (χ0n) is 14.8. The third kappa shape index (κ3) is 5.28. The lowest BCUT2D eigenvalue weighted by Crippen LogP contribution is -2.14. The van der Waals surface area contributed by atoms with Crippen molar-refractivity contribution in [1.29, 1.82) is 0 Å². The number of nitrogens with one attached hydrogen (secondary N) is 2. The molecule has 1 heterocycles. The van der Waals surface area contributed by atoms with E-state index in [-0.39, 0.29) is 11.7 Å². The summed E-state index contributed by atoms with van der Waals surface area (Å²) in [4.78, 5) is 16.6. The first-order valence-corrected chi connectivity index (χ1v) is 8.90. The van der Waals surface area contributed by atoms with Gasteiger partial charge in [0.25, 0.3) is 5.91 Å². The zero-order valence-corrected chi connectivity index (χ0v) is 15.6.